The molecule has 1 rings (SSSR count). The van der Waals surface area contributed by atoms with E-state index in [0.717, 1.165) is 19.4 Å². The van der Waals surface area contributed by atoms with Gasteiger partial charge < -0.3 is 10.1 Å². The van der Waals surface area contributed by atoms with Gasteiger partial charge in [0.25, 0.3) is 0 Å². The average Bonchev–Trinajstić information content (AvgIpc) is 2.48. The molecule has 0 fully saturated rings. The van der Waals surface area contributed by atoms with E-state index in [0.29, 0.717) is 17.1 Å². The molecule has 0 aliphatic carbocycles. The largest absolute Gasteiger partial charge is 0.497 e. The number of ether oxygens (including phenoxy) is 1. The maximum atomic E-state index is 12.9. The number of methoxy groups -OCH3 is 1. The zero-order valence-electron chi connectivity index (χ0n) is 13.4. The molecular formula is C16H27NO3S. The summed E-state index contributed by atoms with van der Waals surface area (Å²) >= 11 is 0. The molecule has 0 saturated carbocycles. The van der Waals surface area contributed by atoms with Crippen molar-refractivity contribution in [2.75, 3.05) is 13.7 Å². The van der Waals surface area contributed by atoms with Gasteiger partial charge in [0, 0.05) is 6.04 Å². The smallest absolute Gasteiger partial charge is 0.182 e. The first-order valence-electron chi connectivity index (χ1n) is 7.62. The van der Waals surface area contributed by atoms with Crippen LogP contribution in [0.5, 0.6) is 5.75 Å². The van der Waals surface area contributed by atoms with Crippen LogP contribution < -0.4 is 10.1 Å². The topological polar surface area (TPSA) is 55.4 Å². The average molecular weight is 313 g/mol. The Kier molecular flexibility index (Phi) is 7.18. The maximum Gasteiger partial charge on any atom is 0.182 e. The molecule has 120 valence electrons. The summed E-state index contributed by atoms with van der Waals surface area (Å²) in [7, 11) is -1.77. The molecule has 0 radical (unpaired) electrons. The zero-order chi connectivity index (χ0) is 15.9. The highest BCUT2D eigenvalue weighted by Crippen LogP contribution is 2.24. The maximum absolute atomic E-state index is 12.9. The molecule has 5 heteroatoms. The molecule has 0 aromatic heterocycles. The summed E-state index contributed by atoms with van der Waals surface area (Å²) in [4.78, 5) is 0.370. The first kappa shape index (κ1) is 18.0. The summed E-state index contributed by atoms with van der Waals surface area (Å²) < 4.78 is 30.8. The van der Waals surface area contributed by atoms with Crippen molar-refractivity contribution in [2.45, 2.75) is 56.2 Å². The monoisotopic (exact) mass is 313 g/mol. The molecule has 0 heterocycles. The standard InChI is InChI=1S/C16H27NO3S/c1-5-8-15(17-7-3)16(6-2)21(18,19)14-11-9-13(20-4)10-12-14/h9-12,15-17H,5-8H2,1-4H3. The van der Waals surface area contributed by atoms with E-state index >= 15 is 0 Å². The molecule has 2 unspecified atom stereocenters. The van der Waals surface area contributed by atoms with Crippen LogP contribution in [0.1, 0.15) is 40.0 Å². The number of hydrogen-bond donors (Lipinski definition) is 1. The van der Waals surface area contributed by atoms with Gasteiger partial charge in [-0.15, -0.1) is 0 Å². The lowest BCUT2D eigenvalue weighted by molar-refractivity contribution is 0.414. The molecular weight excluding hydrogens is 286 g/mol. The molecule has 21 heavy (non-hydrogen) atoms. The van der Waals surface area contributed by atoms with E-state index in [-0.39, 0.29) is 6.04 Å². The van der Waals surface area contributed by atoms with Gasteiger partial charge in [0.05, 0.1) is 17.3 Å². The number of benzene rings is 1. The van der Waals surface area contributed by atoms with E-state index in [1.54, 1.807) is 31.4 Å². The molecule has 1 N–H and O–H groups in total. The molecule has 0 saturated heterocycles. The summed E-state index contributed by atoms with van der Waals surface area (Å²) in [5.74, 6) is 0.666. The van der Waals surface area contributed by atoms with Gasteiger partial charge in [-0.25, -0.2) is 8.42 Å². The molecule has 0 aliphatic rings. The SMILES string of the molecule is CCCC(NCC)C(CC)S(=O)(=O)c1ccc(OC)cc1. The Morgan fingerprint density at radius 1 is 1.14 bits per heavy atom. The summed E-state index contributed by atoms with van der Waals surface area (Å²) in [5, 5.41) is 2.93. The lowest BCUT2D eigenvalue weighted by atomic mass is 10.1. The zero-order valence-corrected chi connectivity index (χ0v) is 14.2. The van der Waals surface area contributed by atoms with Crippen molar-refractivity contribution in [1.29, 1.82) is 0 Å². The highest BCUT2D eigenvalue weighted by molar-refractivity contribution is 7.92. The van der Waals surface area contributed by atoms with E-state index in [1.807, 2.05) is 13.8 Å². The fraction of sp³-hybridized carbons (Fsp3) is 0.625. The van der Waals surface area contributed by atoms with Crippen molar-refractivity contribution in [1.82, 2.24) is 5.32 Å². The molecule has 2 atom stereocenters. The third-order valence-electron chi connectivity index (χ3n) is 3.70. The first-order chi connectivity index (χ1) is 10.0. The van der Waals surface area contributed by atoms with Crippen molar-refractivity contribution in [3.8, 4) is 5.75 Å². The van der Waals surface area contributed by atoms with Gasteiger partial charge in [0.1, 0.15) is 5.75 Å². The van der Waals surface area contributed by atoms with E-state index in [9.17, 15) is 8.42 Å². The van der Waals surface area contributed by atoms with Crippen molar-refractivity contribution >= 4 is 9.84 Å². The second-order valence-corrected chi connectivity index (χ2v) is 7.29. The predicted octanol–water partition coefficient (Wildman–Crippen LogP) is 3.03. The summed E-state index contributed by atoms with van der Waals surface area (Å²) in [6.45, 7) is 6.80. The van der Waals surface area contributed by atoms with Gasteiger partial charge in [-0.1, -0.05) is 27.2 Å². The van der Waals surface area contributed by atoms with Crippen LogP contribution in [0.15, 0.2) is 29.2 Å². The molecule has 4 nitrogen and oxygen atoms in total. The van der Waals surface area contributed by atoms with Crippen LogP contribution in [0, 0.1) is 0 Å². The minimum Gasteiger partial charge on any atom is -0.497 e. The second-order valence-electron chi connectivity index (χ2n) is 5.12. The van der Waals surface area contributed by atoms with Crippen molar-refractivity contribution in [3.05, 3.63) is 24.3 Å². The van der Waals surface area contributed by atoms with E-state index in [2.05, 4.69) is 12.2 Å². The number of hydrogen-bond acceptors (Lipinski definition) is 4. The van der Waals surface area contributed by atoms with Gasteiger partial charge >= 0.3 is 0 Å². The van der Waals surface area contributed by atoms with Crippen LogP contribution in [-0.2, 0) is 9.84 Å². The van der Waals surface area contributed by atoms with Gasteiger partial charge in [0.2, 0.25) is 0 Å². The minimum atomic E-state index is -3.34. The van der Waals surface area contributed by atoms with Gasteiger partial charge in [-0.05, 0) is 43.7 Å². The van der Waals surface area contributed by atoms with Gasteiger partial charge in [-0.2, -0.15) is 0 Å². The fourth-order valence-electron chi connectivity index (χ4n) is 2.65. The number of rotatable bonds is 9. The lowest BCUT2D eigenvalue weighted by Gasteiger charge is -2.26. The van der Waals surface area contributed by atoms with Crippen LogP contribution in [0.2, 0.25) is 0 Å². The molecule has 1 aromatic carbocycles. The third kappa shape index (κ3) is 4.45. The van der Waals surface area contributed by atoms with Gasteiger partial charge in [-0.3, -0.25) is 0 Å². The quantitative estimate of drug-likeness (QED) is 0.761. The molecule has 0 amide bonds. The lowest BCUT2D eigenvalue weighted by Crippen LogP contribution is -2.43. The van der Waals surface area contributed by atoms with Crippen LogP contribution >= 0.6 is 0 Å². The first-order valence-corrected chi connectivity index (χ1v) is 9.17. The van der Waals surface area contributed by atoms with E-state index in [1.165, 1.54) is 0 Å². The van der Waals surface area contributed by atoms with Crippen LogP contribution in [0.3, 0.4) is 0 Å². The summed E-state index contributed by atoms with van der Waals surface area (Å²) in [6.07, 6.45) is 2.43. The molecule has 0 spiro atoms. The van der Waals surface area contributed by atoms with E-state index < -0.39 is 15.1 Å². The molecule has 1 aromatic rings. The van der Waals surface area contributed by atoms with Crippen LogP contribution in [0.25, 0.3) is 0 Å². The predicted molar refractivity (Wildman–Crippen MR) is 86.6 cm³/mol. The van der Waals surface area contributed by atoms with E-state index in [4.69, 9.17) is 4.74 Å². The number of sulfone groups is 1. The Bertz CT molecular complexity index is 505. The van der Waals surface area contributed by atoms with Crippen LogP contribution in [-0.4, -0.2) is 33.4 Å². The summed E-state index contributed by atoms with van der Waals surface area (Å²) in [5.41, 5.74) is 0. The number of nitrogens with one attached hydrogen (secondary N) is 1. The highest BCUT2D eigenvalue weighted by Gasteiger charge is 2.32. The fourth-order valence-corrected chi connectivity index (χ4v) is 4.62. The van der Waals surface area contributed by atoms with Crippen molar-refractivity contribution in [3.63, 3.8) is 0 Å². The Balaban J connectivity index is 3.09. The minimum absolute atomic E-state index is 0.00268. The van der Waals surface area contributed by atoms with Crippen molar-refractivity contribution < 1.29 is 13.2 Å². The summed E-state index contributed by atoms with van der Waals surface area (Å²) in [6, 6.07) is 6.65. The molecule has 0 bridgehead atoms. The Morgan fingerprint density at radius 3 is 2.19 bits per heavy atom. The Morgan fingerprint density at radius 2 is 1.76 bits per heavy atom. The Labute approximate surface area is 128 Å². The van der Waals surface area contributed by atoms with Crippen molar-refractivity contribution in [2.24, 2.45) is 0 Å². The van der Waals surface area contributed by atoms with Crippen LogP contribution in [0.4, 0.5) is 0 Å². The normalized spacial score (nSPS) is 14.7. The Hall–Kier alpha value is -1.07. The molecule has 0 aliphatic heterocycles. The second kappa shape index (κ2) is 8.39. The van der Waals surface area contributed by atoms with Gasteiger partial charge in [0.15, 0.2) is 9.84 Å². The highest BCUT2D eigenvalue weighted by atomic mass is 32.2. The third-order valence-corrected chi connectivity index (χ3v) is 6.09.